The van der Waals surface area contributed by atoms with Crippen molar-refractivity contribution in [3.05, 3.63) is 71.8 Å². The van der Waals surface area contributed by atoms with Crippen LogP contribution < -0.4 is 22.9 Å². The van der Waals surface area contributed by atoms with E-state index in [4.69, 9.17) is 22.9 Å². The Morgan fingerprint density at radius 1 is 0.615 bits per heavy atom. The van der Waals surface area contributed by atoms with Crippen molar-refractivity contribution in [3.8, 4) is 22.3 Å². The molecule has 3 rings (SSSR count). The zero-order valence-corrected chi connectivity index (χ0v) is 13.9. The van der Waals surface area contributed by atoms with Gasteiger partial charge in [-0.15, -0.1) is 0 Å². The Labute approximate surface area is 150 Å². The minimum atomic E-state index is -0.770. The van der Waals surface area contributed by atoms with Crippen LogP contribution in [0.4, 0.5) is 11.4 Å². The summed E-state index contributed by atoms with van der Waals surface area (Å²) in [6.45, 7) is 0. The molecule has 0 radical (unpaired) electrons. The van der Waals surface area contributed by atoms with E-state index in [1.807, 2.05) is 18.2 Å². The fourth-order valence-electron chi connectivity index (χ4n) is 3.04. The van der Waals surface area contributed by atoms with Gasteiger partial charge in [-0.2, -0.15) is 0 Å². The van der Waals surface area contributed by atoms with Gasteiger partial charge in [-0.3, -0.25) is 9.59 Å². The number of nitrogen functional groups attached to an aromatic ring is 2. The lowest BCUT2D eigenvalue weighted by atomic mass is 9.86. The first-order valence-electron chi connectivity index (χ1n) is 7.88. The molecule has 3 aromatic rings. The molecule has 3 aromatic carbocycles. The van der Waals surface area contributed by atoms with Gasteiger partial charge < -0.3 is 22.9 Å². The molecule has 0 saturated heterocycles. The number of hydrogen-bond donors (Lipinski definition) is 4. The van der Waals surface area contributed by atoms with Crippen LogP contribution in [-0.2, 0) is 0 Å². The number of anilines is 2. The Hall–Kier alpha value is -3.80. The van der Waals surface area contributed by atoms with Gasteiger partial charge in [0.15, 0.2) is 0 Å². The molecule has 6 nitrogen and oxygen atoms in total. The second kappa shape index (κ2) is 6.60. The average molecular weight is 346 g/mol. The van der Waals surface area contributed by atoms with E-state index in [9.17, 15) is 9.59 Å². The fourth-order valence-corrected chi connectivity index (χ4v) is 3.04. The first kappa shape index (κ1) is 17.0. The van der Waals surface area contributed by atoms with Crippen molar-refractivity contribution in [1.82, 2.24) is 0 Å². The molecule has 0 fully saturated rings. The maximum atomic E-state index is 12.2. The summed E-state index contributed by atoms with van der Waals surface area (Å²) < 4.78 is 0. The second-order valence-corrected chi connectivity index (χ2v) is 5.81. The van der Waals surface area contributed by atoms with Gasteiger partial charge in [0.2, 0.25) is 11.8 Å². The lowest BCUT2D eigenvalue weighted by Crippen LogP contribution is -2.22. The molecule has 6 heteroatoms. The van der Waals surface area contributed by atoms with Crippen LogP contribution in [0.1, 0.15) is 20.7 Å². The summed E-state index contributed by atoms with van der Waals surface area (Å²) in [6.07, 6.45) is 0. The number of nitrogens with two attached hydrogens (primary N) is 4. The molecule has 0 atom stereocenters. The predicted octanol–water partition coefficient (Wildman–Crippen LogP) is 2.38. The highest BCUT2D eigenvalue weighted by molar-refractivity contribution is 6.14. The van der Waals surface area contributed by atoms with Crippen molar-refractivity contribution in [2.45, 2.75) is 0 Å². The molecule has 0 aromatic heterocycles. The zero-order chi connectivity index (χ0) is 18.8. The number of benzene rings is 3. The van der Waals surface area contributed by atoms with Crippen molar-refractivity contribution in [2.24, 2.45) is 11.5 Å². The maximum absolute atomic E-state index is 12.2. The molecule has 0 saturated carbocycles. The molecule has 0 unspecified atom stereocenters. The fraction of sp³-hybridized carbons (Fsp3) is 0. The third kappa shape index (κ3) is 2.84. The van der Waals surface area contributed by atoms with E-state index in [0.29, 0.717) is 33.6 Å². The Morgan fingerprint density at radius 3 is 1.65 bits per heavy atom. The summed E-state index contributed by atoms with van der Waals surface area (Å²) in [5, 5.41) is 0. The molecule has 0 aliphatic heterocycles. The third-order valence-corrected chi connectivity index (χ3v) is 4.20. The molecule has 0 bridgehead atoms. The highest BCUT2D eigenvalue weighted by atomic mass is 16.2. The Kier molecular flexibility index (Phi) is 4.33. The minimum Gasteiger partial charge on any atom is -0.398 e. The third-order valence-electron chi connectivity index (χ3n) is 4.20. The van der Waals surface area contributed by atoms with Gasteiger partial charge in [0.25, 0.3) is 0 Å². The lowest BCUT2D eigenvalue weighted by molar-refractivity contribution is 0.0968. The predicted molar refractivity (Wildman–Crippen MR) is 103 cm³/mol. The summed E-state index contributed by atoms with van der Waals surface area (Å²) in [4.78, 5) is 24.1. The smallest absolute Gasteiger partial charge is 0.250 e. The molecule has 0 heterocycles. The molecule has 0 spiro atoms. The van der Waals surface area contributed by atoms with Crippen LogP contribution in [0.25, 0.3) is 22.3 Å². The second-order valence-electron chi connectivity index (χ2n) is 5.81. The van der Waals surface area contributed by atoms with E-state index in [1.165, 1.54) is 6.07 Å². The van der Waals surface area contributed by atoms with Crippen molar-refractivity contribution in [2.75, 3.05) is 11.5 Å². The number of carbonyl (C=O) groups excluding carboxylic acids is 2. The summed E-state index contributed by atoms with van der Waals surface area (Å²) in [5.74, 6) is -1.52. The molecule has 2 amide bonds. The van der Waals surface area contributed by atoms with E-state index in [-0.39, 0.29) is 11.1 Å². The van der Waals surface area contributed by atoms with E-state index >= 15 is 0 Å². The van der Waals surface area contributed by atoms with Crippen LogP contribution in [0.5, 0.6) is 0 Å². The lowest BCUT2D eigenvalue weighted by Gasteiger charge is -2.18. The number of hydrogen-bond acceptors (Lipinski definition) is 4. The molecular weight excluding hydrogens is 328 g/mol. The average Bonchev–Trinajstić information content (AvgIpc) is 2.61. The standard InChI is InChI=1S/C20H18N4O2/c21-15-7-3-1-5-11(15)12-9-10-14(19(23)25)18(20(24)26)17(12)13-6-2-4-8-16(13)22/h1-10H,21-22H2,(H2,23,25)(H2,24,26). The van der Waals surface area contributed by atoms with Gasteiger partial charge >= 0.3 is 0 Å². The SMILES string of the molecule is NC(=O)c1ccc(-c2ccccc2N)c(-c2ccccc2N)c1C(N)=O. The van der Waals surface area contributed by atoms with Crippen LogP contribution in [0, 0.1) is 0 Å². The largest absolute Gasteiger partial charge is 0.398 e. The van der Waals surface area contributed by atoms with Gasteiger partial charge in [0, 0.05) is 28.1 Å². The molecule has 8 N–H and O–H groups in total. The van der Waals surface area contributed by atoms with Gasteiger partial charge in [0.05, 0.1) is 11.1 Å². The van der Waals surface area contributed by atoms with Crippen molar-refractivity contribution >= 4 is 23.2 Å². The van der Waals surface area contributed by atoms with Gasteiger partial charge in [-0.25, -0.2) is 0 Å². The van der Waals surface area contributed by atoms with Crippen molar-refractivity contribution in [3.63, 3.8) is 0 Å². The zero-order valence-electron chi connectivity index (χ0n) is 13.9. The molecule has 130 valence electrons. The monoisotopic (exact) mass is 346 g/mol. The van der Waals surface area contributed by atoms with Gasteiger partial charge in [-0.05, 0) is 23.8 Å². The maximum Gasteiger partial charge on any atom is 0.250 e. The number of primary amides is 2. The first-order chi connectivity index (χ1) is 12.4. The molecule has 0 aliphatic rings. The quantitative estimate of drug-likeness (QED) is 0.539. The Bertz CT molecular complexity index is 1030. The number of carbonyl (C=O) groups is 2. The topological polar surface area (TPSA) is 138 Å². The highest BCUT2D eigenvalue weighted by Gasteiger charge is 2.24. The van der Waals surface area contributed by atoms with E-state index in [1.54, 1.807) is 36.4 Å². The highest BCUT2D eigenvalue weighted by Crippen LogP contribution is 2.40. The van der Waals surface area contributed by atoms with Crippen LogP contribution in [0.2, 0.25) is 0 Å². The molecule has 0 aliphatic carbocycles. The molecular formula is C20H18N4O2. The summed E-state index contributed by atoms with van der Waals surface area (Å²) in [6, 6.07) is 17.4. The van der Waals surface area contributed by atoms with E-state index in [2.05, 4.69) is 0 Å². The number of amides is 2. The van der Waals surface area contributed by atoms with E-state index in [0.717, 1.165) is 0 Å². The summed E-state index contributed by atoms with van der Waals surface area (Å²) in [7, 11) is 0. The minimum absolute atomic E-state index is 0.0242. The van der Waals surface area contributed by atoms with Gasteiger partial charge in [0.1, 0.15) is 0 Å². The summed E-state index contributed by atoms with van der Waals surface area (Å²) >= 11 is 0. The van der Waals surface area contributed by atoms with Crippen molar-refractivity contribution in [1.29, 1.82) is 0 Å². The van der Waals surface area contributed by atoms with Crippen LogP contribution >= 0.6 is 0 Å². The normalized spacial score (nSPS) is 10.5. The van der Waals surface area contributed by atoms with Gasteiger partial charge in [-0.1, -0.05) is 42.5 Å². The molecule has 26 heavy (non-hydrogen) atoms. The van der Waals surface area contributed by atoms with Crippen LogP contribution in [0.15, 0.2) is 60.7 Å². The van der Waals surface area contributed by atoms with Crippen molar-refractivity contribution < 1.29 is 9.59 Å². The summed E-state index contributed by atoms with van der Waals surface area (Å²) in [5.41, 5.74) is 26.7. The first-order valence-corrected chi connectivity index (χ1v) is 7.88. The Balaban J connectivity index is 2.49. The number of rotatable bonds is 4. The van der Waals surface area contributed by atoms with E-state index < -0.39 is 11.8 Å². The Morgan fingerprint density at radius 2 is 1.15 bits per heavy atom. The number of para-hydroxylation sites is 2. The van der Waals surface area contributed by atoms with Crippen LogP contribution in [-0.4, -0.2) is 11.8 Å². The van der Waals surface area contributed by atoms with Crippen LogP contribution in [0.3, 0.4) is 0 Å².